The van der Waals surface area contributed by atoms with E-state index < -0.39 is 6.10 Å². The van der Waals surface area contributed by atoms with Crippen LogP contribution in [0.3, 0.4) is 0 Å². The summed E-state index contributed by atoms with van der Waals surface area (Å²) in [4.78, 5) is 13.6. The molecule has 2 rings (SSSR count). The molecule has 1 fully saturated rings. The minimum atomic E-state index is -0.396. The molecule has 1 aliphatic rings. The van der Waals surface area contributed by atoms with Gasteiger partial charge in [-0.1, -0.05) is 29.4 Å². The fourth-order valence-corrected chi connectivity index (χ4v) is 2.11. The molecule has 0 aliphatic carbocycles. The van der Waals surface area contributed by atoms with E-state index in [4.69, 9.17) is 10.9 Å². The Morgan fingerprint density at radius 3 is 2.63 bits per heavy atom. The molecule has 102 valence electrons. The van der Waals surface area contributed by atoms with Gasteiger partial charge in [-0.15, -0.1) is 0 Å². The number of amides is 1. The molecule has 4 N–H and O–H groups in total. The summed E-state index contributed by atoms with van der Waals surface area (Å²) in [7, 11) is 0. The number of likely N-dealkylation sites (tertiary alicyclic amines) is 1. The summed E-state index contributed by atoms with van der Waals surface area (Å²) in [5.74, 6) is 0.0497. The fraction of sp³-hybridized carbons (Fsp3) is 0.385. The van der Waals surface area contributed by atoms with Crippen LogP contribution in [0.2, 0.25) is 0 Å². The van der Waals surface area contributed by atoms with Gasteiger partial charge in [0, 0.05) is 18.7 Å². The van der Waals surface area contributed by atoms with Gasteiger partial charge in [0.2, 0.25) is 5.91 Å². The number of carbonyl (C=O) groups excluding carboxylic acids is 1. The maximum absolute atomic E-state index is 12.0. The lowest BCUT2D eigenvalue weighted by Crippen LogP contribution is -2.30. The number of hydrogen-bond acceptors (Lipinski definition) is 4. The number of rotatable bonds is 3. The van der Waals surface area contributed by atoms with Crippen molar-refractivity contribution in [1.29, 1.82) is 0 Å². The molecule has 19 heavy (non-hydrogen) atoms. The first kappa shape index (κ1) is 13.4. The van der Waals surface area contributed by atoms with Crippen LogP contribution in [0.15, 0.2) is 29.4 Å². The van der Waals surface area contributed by atoms with Crippen molar-refractivity contribution < 1.29 is 15.1 Å². The number of hydrogen-bond donors (Lipinski definition) is 3. The van der Waals surface area contributed by atoms with Crippen molar-refractivity contribution in [3.05, 3.63) is 35.4 Å². The van der Waals surface area contributed by atoms with Crippen LogP contribution in [0.1, 0.15) is 17.5 Å². The van der Waals surface area contributed by atoms with Crippen LogP contribution in [-0.2, 0) is 11.2 Å². The summed E-state index contributed by atoms with van der Waals surface area (Å²) in [6, 6.07) is 6.96. The number of nitrogens with two attached hydrogens (primary N) is 1. The average Bonchev–Trinajstić information content (AvgIpc) is 2.85. The van der Waals surface area contributed by atoms with Crippen LogP contribution < -0.4 is 5.73 Å². The molecular weight excluding hydrogens is 246 g/mol. The van der Waals surface area contributed by atoms with Crippen LogP contribution in [0.4, 0.5) is 0 Å². The van der Waals surface area contributed by atoms with Crippen molar-refractivity contribution in [3.63, 3.8) is 0 Å². The Labute approximate surface area is 111 Å². The number of β-amino-alcohol motifs (C(OH)–C–C–N with tert-alkyl or cyclic N) is 1. The molecule has 0 aromatic heterocycles. The summed E-state index contributed by atoms with van der Waals surface area (Å²) in [5.41, 5.74) is 6.93. The van der Waals surface area contributed by atoms with E-state index in [-0.39, 0.29) is 11.7 Å². The summed E-state index contributed by atoms with van der Waals surface area (Å²) in [6.07, 6.45) is 0.545. The van der Waals surface area contributed by atoms with Gasteiger partial charge in [-0.05, 0) is 12.0 Å². The molecule has 1 unspecified atom stereocenters. The molecule has 1 atom stereocenters. The summed E-state index contributed by atoms with van der Waals surface area (Å²) in [5, 5.41) is 20.9. The van der Waals surface area contributed by atoms with Gasteiger partial charge in [-0.2, -0.15) is 0 Å². The van der Waals surface area contributed by atoms with E-state index in [2.05, 4.69) is 5.16 Å². The highest BCUT2D eigenvalue weighted by Crippen LogP contribution is 2.12. The molecule has 6 heteroatoms. The molecule has 6 nitrogen and oxygen atoms in total. The molecule has 1 heterocycles. The Morgan fingerprint density at radius 1 is 1.42 bits per heavy atom. The maximum atomic E-state index is 12.0. The number of carbonyl (C=O) groups is 1. The topological polar surface area (TPSA) is 99.2 Å². The smallest absolute Gasteiger partial charge is 0.227 e. The second-order valence-electron chi connectivity index (χ2n) is 4.64. The summed E-state index contributed by atoms with van der Waals surface area (Å²) in [6.45, 7) is 1.03. The highest BCUT2D eigenvalue weighted by Gasteiger charge is 2.24. The number of aliphatic hydroxyl groups excluding tert-OH is 1. The second-order valence-corrected chi connectivity index (χ2v) is 4.64. The van der Waals surface area contributed by atoms with Gasteiger partial charge >= 0.3 is 0 Å². The monoisotopic (exact) mass is 263 g/mol. The van der Waals surface area contributed by atoms with Crippen LogP contribution in [0.25, 0.3) is 0 Å². The second kappa shape index (κ2) is 5.71. The Morgan fingerprint density at radius 2 is 2.11 bits per heavy atom. The molecule has 1 aromatic carbocycles. The average molecular weight is 263 g/mol. The lowest BCUT2D eigenvalue weighted by atomic mass is 10.1. The number of amidine groups is 1. The van der Waals surface area contributed by atoms with Gasteiger partial charge in [0.25, 0.3) is 0 Å². The molecule has 1 aromatic rings. The first-order valence-electron chi connectivity index (χ1n) is 6.13. The van der Waals surface area contributed by atoms with Crippen molar-refractivity contribution >= 4 is 11.7 Å². The minimum Gasteiger partial charge on any atom is -0.409 e. The first-order chi connectivity index (χ1) is 9.10. The normalized spacial score (nSPS) is 19.7. The predicted molar refractivity (Wildman–Crippen MR) is 69.9 cm³/mol. The molecule has 1 amide bonds. The van der Waals surface area contributed by atoms with Crippen molar-refractivity contribution in [1.82, 2.24) is 4.90 Å². The fourth-order valence-electron chi connectivity index (χ4n) is 2.11. The zero-order valence-corrected chi connectivity index (χ0v) is 10.5. The number of nitrogens with zero attached hydrogens (tertiary/aromatic N) is 2. The van der Waals surface area contributed by atoms with Gasteiger partial charge in [0.05, 0.1) is 12.5 Å². The van der Waals surface area contributed by atoms with E-state index in [0.29, 0.717) is 31.5 Å². The quantitative estimate of drug-likeness (QED) is 0.307. The zero-order chi connectivity index (χ0) is 13.8. The number of aliphatic hydroxyl groups is 1. The third kappa shape index (κ3) is 3.23. The third-order valence-corrected chi connectivity index (χ3v) is 3.23. The van der Waals surface area contributed by atoms with Crippen molar-refractivity contribution in [2.75, 3.05) is 13.1 Å². The van der Waals surface area contributed by atoms with Crippen LogP contribution in [0, 0.1) is 0 Å². The lowest BCUT2D eigenvalue weighted by Gasteiger charge is -2.15. The number of benzene rings is 1. The van der Waals surface area contributed by atoms with E-state index in [1.165, 1.54) is 0 Å². The highest BCUT2D eigenvalue weighted by atomic mass is 16.4. The summed E-state index contributed by atoms with van der Waals surface area (Å²) >= 11 is 0. The minimum absolute atomic E-state index is 0.00750. The molecule has 1 aliphatic heterocycles. The molecule has 0 radical (unpaired) electrons. The Hall–Kier alpha value is -2.08. The Bertz CT molecular complexity index is 484. The molecule has 1 saturated heterocycles. The molecule has 0 saturated carbocycles. The van der Waals surface area contributed by atoms with E-state index in [1.807, 2.05) is 0 Å². The van der Waals surface area contributed by atoms with Gasteiger partial charge in [0.15, 0.2) is 5.84 Å². The Balaban J connectivity index is 1.98. The predicted octanol–water partition coefficient (Wildman–Crippen LogP) is -0.0832. The standard InChI is InChI=1S/C13H17N3O3/c14-13(15-19)10-3-1-9(2-4-10)7-12(18)16-6-5-11(17)8-16/h1-4,11,17,19H,5-8H2,(H2,14,15). The lowest BCUT2D eigenvalue weighted by molar-refractivity contribution is -0.129. The van der Waals surface area contributed by atoms with Gasteiger partial charge in [0.1, 0.15) is 0 Å². The van der Waals surface area contributed by atoms with Gasteiger partial charge < -0.3 is 20.9 Å². The molecular formula is C13H17N3O3. The summed E-state index contributed by atoms with van der Waals surface area (Å²) < 4.78 is 0. The van der Waals surface area contributed by atoms with Crippen LogP contribution >= 0.6 is 0 Å². The van der Waals surface area contributed by atoms with Gasteiger partial charge in [-0.3, -0.25) is 4.79 Å². The zero-order valence-electron chi connectivity index (χ0n) is 10.5. The van der Waals surface area contributed by atoms with Crippen molar-refractivity contribution in [2.45, 2.75) is 18.9 Å². The first-order valence-corrected chi connectivity index (χ1v) is 6.13. The number of oxime groups is 1. The van der Waals surface area contributed by atoms with Crippen molar-refractivity contribution in [3.8, 4) is 0 Å². The van der Waals surface area contributed by atoms with E-state index in [0.717, 1.165) is 5.56 Å². The van der Waals surface area contributed by atoms with Crippen molar-refractivity contribution in [2.24, 2.45) is 10.9 Å². The van der Waals surface area contributed by atoms with E-state index in [9.17, 15) is 9.90 Å². The molecule has 0 bridgehead atoms. The maximum Gasteiger partial charge on any atom is 0.227 e. The SMILES string of the molecule is NC(=NO)c1ccc(CC(=O)N2CCC(O)C2)cc1. The highest BCUT2D eigenvalue weighted by molar-refractivity contribution is 5.97. The van der Waals surface area contributed by atoms with Crippen LogP contribution in [-0.4, -0.2) is 46.1 Å². The largest absolute Gasteiger partial charge is 0.409 e. The van der Waals surface area contributed by atoms with Crippen LogP contribution in [0.5, 0.6) is 0 Å². The van der Waals surface area contributed by atoms with E-state index >= 15 is 0 Å². The molecule has 0 spiro atoms. The Kier molecular flexibility index (Phi) is 4.01. The third-order valence-electron chi connectivity index (χ3n) is 3.23. The van der Waals surface area contributed by atoms with Gasteiger partial charge in [-0.25, -0.2) is 0 Å². The van der Waals surface area contributed by atoms with E-state index in [1.54, 1.807) is 29.2 Å².